The van der Waals surface area contributed by atoms with Gasteiger partial charge in [0, 0.05) is 19.1 Å². The minimum atomic E-state index is 0.244. The highest BCUT2D eigenvalue weighted by Gasteiger charge is 2.19. The summed E-state index contributed by atoms with van der Waals surface area (Å²) in [4.78, 5) is 14.5. The lowest BCUT2D eigenvalue weighted by atomic mass is 10.0. The van der Waals surface area contributed by atoms with Gasteiger partial charge in [0.05, 0.1) is 6.42 Å². The number of hydrogen-bond donors (Lipinski definition) is 1. The van der Waals surface area contributed by atoms with Crippen LogP contribution in [0.15, 0.2) is 18.2 Å². The third-order valence-corrected chi connectivity index (χ3v) is 4.51. The average molecular weight is 288 g/mol. The Hall–Kier alpha value is -1.35. The first-order valence-corrected chi connectivity index (χ1v) is 8.17. The number of aryl methyl sites for hydroxylation is 2. The largest absolute Gasteiger partial charge is 0.341 e. The molecule has 2 rings (SSSR count). The zero-order chi connectivity index (χ0) is 15.2. The Morgan fingerprint density at radius 3 is 2.71 bits per heavy atom. The van der Waals surface area contributed by atoms with Crippen LogP contribution in [0.1, 0.15) is 42.9 Å². The van der Waals surface area contributed by atoms with Crippen LogP contribution >= 0.6 is 0 Å². The molecule has 0 spiro atoms. The minimum Gasteiger partial charge on any atom is -0.341 e. The fourth-order valence-corrected chi connectivity index (χ4v) is 2.95. The second-order valence-electron chi connectivity index (χ2n) is 6.17. The van der Waals surface area contributed by atoms with Crippen LogP contribution in [0.5, 0.6) is 0 Å². The van der Waals surface area contributed by atoms with Crippen molar-refractivity contribution in [3.05, 3.63) is 34.9 Å². The van der Waals surface area contributed by atoms with Crippen LogP contribution in [-0.4, -0.2) is 36.5 Å². The van der Waals surface area contributed by atoms with Gasteiger partial charge in [-0.1, -0.05) is 24.6 Å². The van der Waals surface area contributed by atoms with Crippen molar-refractivity contribution in [1.82, 2.24) is 10.2 Å². The maximum Gasteiger partial charge on any atom is 0.227 e. The van der Waals surface area contributed by atoms with E-state index in [4.69, 9.17) is 0 Å². The van der Waals surface area contributed by atoms with Crippen molar-refractivity contribution in [1.29, 1.82) is 0 Å². The molecule has 0 aliphatic carbocycles. The molecule has 3 heteroatoms. The molecule has 1 saturated heterocycles. The van der Waals surface area contributed by atoms with Gasteiger partial charge in [-0.15, -0.1) is 0 Å². The number of nitrogens with zero attached hydrogens (tertiary/aromatic N) is 1. The van der Waals surface area contributed by atoms with Crippen molar-refractivity contribution < 1.29 is 4.79 Å². The smallest absolute Gasteiger partial charge is 0.227 e. The van der Waals surface area contributed by atoms with Gasteiger partial charge in [0.25, 0.3) is 0 Å². The van der Waals surface area contributed by atoms with Crippen molar-refractivity contribution >= 4 is 5.91 Å². The maximum atomic E-state index is 12.5. The molecule has 116 valence electrons. The van der Waals surface area contributed by atoms with Crippen LogP contribution in [0.3, 0.4) is 0 Å². The van der Waals surface area contributed by atoms with Crippen molar-refractivity contribution in [2.45, 2.75) is 52.5 Å². The summed E-state index contributed by atoms with van der Waals surface area (Å²) in [6, 6.07) is 6.80. The van der Waals surface area contributed by atoms with Crippen LogP contribution in [-0.2, 0) is 11.2 Å². The van der Waals surface area contributed by atoms with Gasteiger partial charge in [-0.25, -0.2) is 0 Å². The Balaban J connectivity index is 1.94. The molecule has 0 bridgehead atoms. The van der Waals surface area contributed by atoms with Crippen LogP contribution in [0.2, 0.25) is 0 Å². The van der Waals surface area contributed by atoms with Crippen LogP contribution in [0.4, 0.5) is 0 Å². The Bertz CT molecular complexity index is 478. The summed E-state index contributed by atoms with van der Waals surface area (Å²) >= 11 is 0. The van der Waals surface area contributed by atoms with Crippen molar-refractivity contribution in [2.24, 2.45) is 0 Å². The molecule has 1 aliphatic rings. The van der Waals surface area contributed by atoms with Gasteiger partial charge in [-0.2, -0.15) is 0 Å². The van der Waals surface area contributed by atoms with E-state index in [9.17, 15) is 4.79 Å². The summed E-state index contributed by atoms with van der Waals surface area (Å²) in [7, 11) is 0. The molecule has 1 fully saturated rings. The van der Waals surface area contributed by atoms with E-state index in [0.29, 0.717) is 12.5 Å². The van der Waals surface area contributed by atoms with Crippen LogP contribution in [0.25, 0.3) is 0 Å². The number of amides is 1. The fourth-order valence-electron chi connectivity index (χ4n) is 2.95. The van der Waals surface area contributed by atoms with Gasteiger partial charge < -0.3 is 10.2 Å². The number of hydrogen-bond acceptors (Lipinski definition) is 2. The summed E-state index contributed by atoms with van der Waals surface area (Å²) in [6.45, 7) is 9.01. The molecule has 3 nitrogen and oxygen atoms in total. The highest BCUT2D eigenvalue weighted by Crippen LogP contribution is 2.13. The zero-order valence-corrected chi connectivity index (χ0v) is 13.6. The summed E-state index contributed by atoms with van der Waals surface area (Å²) < 4.78 is 0. The van der Waals surface area contributed by atoms with Gasteiger partial charge in [0.15, 0.2) is 0 Å². The van der Waals surface area contributed by atoms with Crippen LogP contribution in [0, 0.1) is 13.8 Å². The van der Waals surface area contributed by atoms with Crippen LogP contribution < -0.4 is 5.32 Å². The monoisotopic (exact) mass is 288 g/mol. The first kappa shape index (κ1) is 16.0. The number of benzene rings is 1. The van der Waals surface area contributed by atoms with Gasteiger partial charge in [-0.05, 0) is 56.8 Å². The van der Waals surface area contributed by atoms with E-state index in [-0.39, 0.29) is 5.91 Å². The second-order valence-corrected chi connectivity index (χ2v) is 6.17. The molecule has 1 unspecified atom stereocenters. The second kappa shape index (κ2) is 7.60. The zero-order valence-electron chi connectivity index (χ0n) is 13.6. The Morgan fingerprint density at radius 1 is 1.29 bits per heavy atom. The lowest BCUT2D eigenvalue weighted by molar-refractivity contribution is -0.130. The number of nitrogens with one attached hydrogen (secondary N) is 1. The normalized spacial score (nSPS) is 18.5. The first-order chi connectivity index (χ1) is 10.1. The third kappa shape index (κ3) is 4.57. The molecule has 1 heterocycles. The molecule has 0 radical (unpaired) electrons. The molecule has 1 aliphatic heterocycles. The molecule has 1 N–H and O–H groups in total. The first-order valence-electron chi connectivity index (χ1n) is 8.17. The topological polar surface area (TPSA) is 32.3 Å². The SMILES string of the molecule is CCN(CC1CCCCN1)C(=O)Cc1ccc(C)c(C)c1. The minimum absolute atomic E-state index is 0.244. The summed E-state index contributed by atoms with van der Waals surface area (Å²) in [5.74, 6) is 0.244. The van der Waals surface area contributed by atoms with E-state index in [1.165, 1.54) is 30.4 Å². The molecule has 1 amide bonds. The summed E-state index contributed by atoms with van der Waals surface area (Å²) in [5.41, 5.74) is 3.67. The predicted octanol–water partition coefficient (Wildman–Crippen LogP) is 2.84. The van der Waals surface area contributed by atoms with E-state index < -0.39 is 0 Å². The van der Waals surface area contributed by atoms with Crippen molar-refractivity contribution in [3.8, 4) is 0 Å². The lowest BCUT2D eigenvalue weighted by Crippen LogP contribution is -2.46. The molecule has 1 aromatic rings. The quantitative estimate of drug-likeness (QED) is 0.903. The highest BCUT2D eigenvalue weighted by atomic mass is 16.2. The molecule has 1 atom stereocenters. The average Bonchev–Trinajstić information content (AvgIpc) is 2.49. The Labute approximate surface area is 128 Å². The molecule has 0 aromatic heterocycles. The standard InChI is InChI=1S/C18H28N2O/c1-4-20(13-17-7-5-6-10-19-17)18(21)12-16-9-8-14(2)15(3)11-16/h8-9,11,17,19H,4-7,10,12-13H2,1-3H3. The third-order valence-electron chi connectivity index (χ3n) is 4.51. The molecular formula is C18H28N2O. The number of piperidine rings is 1. The van der Waals surface area contributed by atoms with Gasteiger partial charge in [0.1, 0.15) is 0 Å². The van der Waals surface area contributed by atoms with Crippen molar-refractivity contribution in [2.75, 3.05) is 19.6 Å². The van der Waals surface area contributed by atoms with E-state index in [1.807, 2.05) is 4.90 Å². The number of carbonyl (C=O) groups is 1. The highest BCUT2D eigenvalue weighted by molar-refractivity contribution is 5.78. The number of rotatable bonds is 5. The number of carbonyl (C=O) groups excluding carboxylic acids is 1. The van der Waals surface area contributed by atoms with E-state index >= 15 is 0 Å². The Morgan fingerprint density at radius 2 is 2.10 bits per heavy atom. The molecule has 21 heavy (non-hydrogen) atoms. The van der Waals surface area contributed by atoms with E-state index in [1.54, 1.807) is 0 Å². The van der Waals surface area contributed by atoms with Gasteiger partial charge in [-0.3, -0.25) is 4.79 Å². The fraction of sp³-hybridized carbons (Fsp3) is 0.611. The summed E-state index contributed by atoms with van der Waals surface area (Å²) in [5, 5.41) is 3.53. The van der Waals surface area contributed by atoms with E-state index in [2.05, 4.69) is 44.3 Å². The maximum absolute atomic E-state index is 12.5. The summed E-state index contributed by atoms with van der Waals surface area (Å²) in [6.07, 6.45) is 4.24. The van der Waals surface area contributed by atoms with E-state index in [0.717, 1.165) is 25.2 Å². The van der Waals surface area contributed by atoms with Gasteiger partial charge >= 0.3 is 0 Å². The molecule has 1 aromatic carbocycles. The molecular weight excluding hydrogens is 260 g/mol. The Kier molecular flexibility index (Phi) is 5.80. The predicted molar refractivity (Wildman–Crippen MR) is 87.5 cm³/mol. The van der Waals surface area contributed by atoms with Gasteiger partial charge in [0.2, 0.25) is 5.91 Å². The molecule has 0 saturated carbocycles. The van der Waals surface area contributed by atoms with Crippen molar-refractivity contribution in [3.63, 3.8) is 0 Å². The number of likely N-dealkylation sites (N-methyl/N-ethyl adjacent to an activating group) is 1. The lowest BCUT2D eigenvalue weighted by Gasteiger charge is -2.30.